The van der Waals surface area contributed by atoms with Gasteiger partial charge >= 0.3 is 0 Å². The second-order valence-corrected chi connectivity index (χ2v) is 3.50. The van der Waals surface area contributed by atoms with Gasteiger partial charge in [-0.25, -0.2) is 0 Å². The predicted octanol–water partition coefficient (Wildman–Crippen LogP) is -0.629. The normalized spacial score (nSPS) is 12.1. The van der Waals surface area contributed by atoms with Crippen LogP contribution in [0.4, 0.5) is 0 Å². The first-order valence-corrected chi connectivity index (χ1v) is 5.05. The fourth-order valence-corrected chi connectivity index (χ4v) is 1.21. The van der Waals surface area contributed by atoms with E-state index in [1.165, 1.54) is 0 Å². The van der Waals surface area contributed by atoms with E-state index in [0.29, 0.717) is 13.0 Å². The summed E-state index contributed by atoms with van der Waals surface area (Å²) in [5, 5.41) is 20.3. The number of aliphatic hydroxyl groups excluding tert-OH is 1. The lowest BCUT2D eigenvalue weighted by molar-refractivity contribution is -0.123. The Morgan fingerprint density at radius 2 is 2.00 bits per heavy atom. The standard InChI is InChI=1S/C11H16N2O3/c12-10(7-14)11(16)13-6-5-8-1-3-9(15)4-2-8/h1-4,10,14-15H,5-7,12H2,(H,13,16). The van der Waals surface area contributed by atoms with Crippen molar-refractivity contribution in [2.24, 2.45) is 5.73 Å². The highest BCUT2D eigenvalue weighted by Crippen LogP contribution is 2.09. The highest BCUT2D eigenvalue weighted by atomic mass is 16.3. The summed E-state index contributed by atoms with van der Waals surface area (Å²) in [5.41, 5.74) is 6.33. The van der Waals surface area contributed by atoms with Crippen LogP contribution in [0.3, 0.4) is 0 Å². The maximum Gasteiger partial charge on any atom is 0.239 e. The molecule has 5 nitrogen and oxygen atoms in total. The fraction of sp³-hybridized carbons (Fsp3) is 0.364. The molecule has 0 aromatic heterocycles. The summed E-state index contributed by atoms with van der Waals surface area (Å²) in [4.78, 5) is 11.2. The Labute approximate surface area is 93.9 Å². The van der Waals surface area contributed by atoms with E-state index in [2.05, 4.69) is 5.32 Å². The Morgan fingerprint density at radius 3 is 2.56 bits per heavy atom. The molecule has 0 bridgehead atoms. The third kappa shape index (κ3) is 3.88. The zero-order valence-corrected chi connectivity index (χ0v) is 8.89. The van der Waals surface area contributed by atoms with Gasteiger partial charge in [-0.3, -0.25) is 4.79 Å². The average molecular weight is 224 g/mol. The molecule has 1 atom stereocenters. The molecule has 0 radical (unpaired) electrons. The molecule has 1 aromatic rings. The Kier molecular flexibility index (Phi) is 4.75. The molecule has 16 heavy (non-hydrogen) atoms. The van der Waals surface area contributed by atoms with Gasteiger partial charge in [0.05, 0.1) is 6.61 Å². The summed E-state index contributed by atoms with van der Waals surface area (Å²) in [6.45, 7) is 0.0996. The van der Waals surface area contributed by atoms with Gasteiger partial charge in [-0.05, 0) is 24.1 Å². The van der Waals surface area contributed by atoms with Crippen molar-refractivity contribution in [3.05, 3.63) is 29.8 Å². The molecule has 0 aliphatic heterocycles. The van der Waals surface area contributed by atoms with Gasteiger partial charge in [0.15, 0.2) is 0 Å². The second kappa shape index (κ2) is 6.09. The van der Waals surface area contributed by atoms with Crippen LogP contribution in [-0.2, 0) is 11.2 Å². The van der Waals surface area contributed by atoms with E-state index in [4.69, 9.17) is 15.9 Å². The minimum atomic E-state index is -0.861. The third-order valence-corrected chi connectivity index (χ3v) is 2.18. The van der Waals surface area contributed by atoms with Crippen LogP contribution in [0.15, 0.2) is 24.3 Å². The average Bonchev–Trinajstić information content (AvgIpc) is 2.30. The van der Waals surface area contributed by atoms with Crippen LogP contribution in [0.2, 0.25) is 0 Å². The molecule has 0 fully saturated rings. The van der Waals surface area contributed by atoms with E-state index in [-0.39, 0.29) is 18.3 Å². The lowest BCUT2D eigenvalue weighted by Gasteiger charge is -2.09. The minimum Gasteiger partial charge on any atom is -0.508 e. The van der Waals surface area contributed by atoms with Crippen molar-refractivity contribution in [1.82, 2.24) is 5.32 Å². The molecule has 0 aliphatic rings. The molecule has 1 aromatic carbocycles. The highest BCUT2D eigenvalue weighted by molar-refractivity contribution is 5.81. The van der Waals surface area contributed by atoms with Crippen molar-refractivity contribution in [3.8, 4) is 5.75 Å². The quantitative estimate of drug-likeness (QED) is 0.535. The number of nitrogens with one attached hydrogen (secondary N) is 1. The zero-order valence-electron chi connectivity index (χ0n) is 8.89. The number of phenolic OH excluding ortho intramolecular Hbond substituents is 1. The Hall–Kier alpha value is -1.59. The fourth-order valence-electron chi connectivity index (χ4n) is 1.21. The summed E-state index contributed by atoms with van der Waals surface area (Å²) in [6.07, 6.45) is 0.657. The van der Waals surface area contributed by atoms with Crippen molar-refractivity contribution >= 4 is 5.91 Å². The number of rotatable bonds is 5. The molecule has 0 aliphatic carbocycles. The van der Waals surface area contributed by atoms with Crippen LogP contribution in [-0.4, -0.2) is 35.3 Å². The number of amides is 1. The van der Waals surface area contributed by atoms with Crippen LogP contribution < -0.4 is 11.1 Å². The van der Waals surface area contributed by atoms with Crippen LogP contribution in [0.5, 0.6) is 5.75 Å². The highest BCUT2D eigenvalue weighted by Gasteiger charge is 2.10. The molecular formula is C11H16N2O3. The van der Waals surface area contributed by atoms with Crippen molar-refractivity contribution < 1.29 is 15.0 Å². The van der Waals surface area contributed by atoms with Crippen LogP contribution in [0.25, 0.3) is 0 Å². The molecule has 1 amide bonds. The van der Waals surface area contributed by atoms with E-state index in [0.717, 1.165) is 5.56 Å². The number of benzene rings is 1. The largest absolute Gasteiger partial charge is 0.508 e. The van der Waals surface area contributed by atoms with E-state index < -0.39 is 6.04 Å². The Bertz CT molecular complexity index is 338. The first-order chi connectivity index (χ1) is 7.63. The first-order valence-electron chi connectivity index (χ1n) is 5.05. The molecule has 0 saturated heterocycles. The van der Waals surface area contributed by atoms with Gasteiger partial charge in [-0.2, -0.15) is 0 Å². The van der Waals surface area contributed by atoms with Crippen LogP contribution >= 0.6 is 0 Å². The van der Waals surface area contributed by atoms with Gasteiger partial charge in [0.25, 0.3) is 0 Å². The van der Waals surface area contributed by atoms with Crippen LogP contribution in [0.1, 0.15) is 5.56 Å². The topological polar surface area (TPSA) is 95.6 Å². The van der Waals surface area contributed by atoms with E-state index in [1.807, 2.05) is 0 Å². The molecule has 88 valence electrons. The van der Waals surface area contributed by atoms with Gasteiger partial charge in [0.1, 0.15) is 11.8 Å². The van der Waals surface area contributed by atoms with Crippen LogP contribution in [0, 0.1) is 0 Å². The molecule has 5 N–H and O–H groups in total. The third-order valence-electron chi connectivity index (χ3n) is 2.18. The summed E-state index contributed by atoms with van der Waals surface area (Å²) < 4.78 is 0. The van der Waals surface area contributed by atoms with Crippen molar-refractivity contribution in [1.29, 1.82) is 0 Å². The molecule has 0 saturated carbocycles. The minimum absolute atomic E-state index is 0.218. The van der Waals surface area contributed by atoms with Gasteiger partial charge < -0.3 is 21.3 Å². The zero-order chi connectivity index (χ0) is 12.0. The molecule has 5 heteroatoms. The van der Waals surface area contributed by atoms with E-state index in [1.54, 1.807) is 24.3 Å². The van der Waals surface area contributed by atoms with Crippen molar-refractivity contribution in [2.75, 3.05) is 13.2 Å². The lowest BCUT2D eigenvalue weighted by atomic mass is 10.1. The number of hydrogen-bond donors (Lipinski definition) is 4. The smallest absolute Gasteiger partial charge is 0.239 e. The Morgan fingerprint density at radius 1 is 1.38 bits per heavy atom. The number of hydrogen-bond acceptors (Lipinski definition) is 4. The number of aliphatic hydroxyl groups is 1. The number of phenols is 1. The maximum absolute atomic E-state index is 11.2. The molecule has 1 rings (SSSR count). The monoisotopic (exact) mass is 224 g/mol. The lowest BCUT2D eigenvalue weighted by Crippen LogP contribution is -2.43. The van der Waals surface area contributed by atoms with Crippen molar-refractivity contribution in [3.63, 3.8) is 0 Å². The summed E-state index contributed by atoms with van der Waals surface area (Å²) >= 11 is 0. The number of aromatic hydroxyl groups is 1. The molecule has 0 spiro atoms. The van der Waals surface area contributed by atoms with Gasteiger partial charge in [0.2, 0.25) is 5.91 Å². The van der Waals surface area contributed by atoms with Gasteiger partial charge in [-0.1, -0.05) is 12.1 Å². The molecule has 0 heterocycles. The van der Waals surface area contributed by atoms with Gasteiger partial charge in [0, 0.05) is 6.54 Å². The molecule has 1 unspecified atom stereocenters. The Balaban J connectivity index is 2.30. The predicted molar refractivity (Wildman–Crippen MR) is 59.9 cm³/mol. The first kappa shape index (κ1) is 12.5. The number of carbonyl (C=O) groups is 1. The van der Waals surface area contributed by atoms with E-state index >= 15 is 0 Å². The van der Waals surface area contributed by atoms with Gasteiger partial charge in [-0.15, -0.1) is 0 Å². The SMILES string of the molecule is NC(CO)C(=O)NCCc1ccc(O)cc1. The van der Waals surface area contributed by atoms with E-state index in [9.17, 15) is 4.79 Å². The summed E-state index contributed by atoms with van der Waals surface area (Å²) in [6, 6.07) is 5.90. The number of nitrogens with two attached hydrogens (primary N) is 1. The van der Waals surface area contributed by atoms with Crippen molar-refractivity contribution in [2.45, 2.75) is 12.5 Å². The summed E-state index contributed by atoms with van der Waals surface area (Å²) in [5.74, 6) is -0.142. The second-order valence-electron chi connectivity index (χ2n) is 3.50. The summed E-state index contributed by atoms with van der Waals surface area (Å²) in [7, 11) is 0. The number of carbonyl (C=O) groups excluding carboxylic acids is 1. The maximum atomic E-state index is 11.2. The molecular weight excluding hydrogens is 208 g/mol.